The van der Waals surface area contributed by atoms with Crippen molar-refractivity contribution < 1.29 is 17.9 Å². The Morgan fingerprint density at radius 1 is 1.33 bits per heavy atom. The first kappa shape index (κ1) is 12.2. The van der Waals surface area contributed by atoms with Gasteiger partial charge in [0.05, 0.1) is 0 Å². The van der Waals surface area contributed by atoms with E-state index in [1.165, 1.54) is 12.1 Å². The van der Waals surface area contributed by atoms with Crippen LogP contribution in [0.25, 0.3) is 0 Å². The van der Waals surface area contributed by atoms with Crippen LogP contribution in [-0.2, 0) is 6.42 Å². The molecule has 15 heavy (non-hydrogen) atoms. The van der Waals surface area contributed by atoms with E-state index in [1.54, 1.807) is 13.0 Å². The van der Waals surface area contributed by atoms with Gasteiger partial charge in [0.15, 0.2) is 0 Å². The molecule has 0 spiro atoms. The minimum absolute atomic E-state index is 0.178. The Labute approximate surface area is 91.7 Å². The van der Waals surface area contributed by atoms with Crippen LogP contribution in [0.3, 0.4) is 0 Å². The smallest absolute Gasteiger partial charge is 0.406 e. The number of alkyl halides is 3. The summed E-state index contributed by atoms with van der Waals surface area (Å²) in [5.41, 5.74) is 1.77. The molecular formula is C10H11F3OS. The molecule has 0 bridgehead atoms. The van der Waals surface area contributed by atoms with Crippen molar-refractivity contribution in [2.24, 2.45) is 0 Å². The molecule has 0 aliphatic heterocycles. The maximum absolute atomic E-state index is 11.9. The highest BCUT2D eigenvalue weighted by Gasteiger charge is 2.31. The van der Waals surface area contributed by atoms with Gasteiger partial charge in [-0.2, -0.15) is 12.6 Å². The van der Waals surface area contributed by atoms with E-state index in [2.05, 4.69) is 17.4 Å². The highest BCUT2D eigenvalue weighted by molar-refractivity contribution is 7.80. The van der Waals surface area contributed by atoms with Gasteiger partial charge < -0.3 is 4.74 Å². The van der Waals surface area contributed by atoms with Crippen molar-refractivity contribution in [1.82, 2.24) is 0 Å². The molecule has 0 aromatic heterocycles. The van der Waals surface area contributed by atoms with Gasteiger partial charge in [-0.25, -0.2) is 0 Å². The summed E-state index contributed by atoms with van der Waals surface area (Å²) in [5.74, 6) is 0.489. The van der Waals surface area contributed by atoms with Crippen LogP contribution in [-0.4, -0.2) is 12.1 Å². The van der Waals surface area contributed by atoms with Crippen LogP contribution in [0.1, 0.15) is 11.1 Å². The molecule has 5 heteroatoms. The summed E-state index contributed by atoms with van der Waals surface area (Å²) in [7, 11) is 0. The molecule has 0 aliphatic carbocycles. The summed E-state index contributed by atoms with van der Waals surface area (Å²) in [6.07, 6.45) is -3.89. The van der Waals surface area contributed by atoms with Gasteiger partial charge in [-0.15, -0.1) is 13.2 Å². The van der Waals surface area contributed by atoms with Gasteiger partial charge in [0.25, 0.3) is 0 Å². The predicted octanol–water partition coefficient (Wildman–Crippen LogP) is 3.37. The third-order valence-electron chi connectivity index (χ3n) is 1.93. The minimum Gasteiger partial charge on any atom is -0.406 e. The fraction of sp³-hybridized carbons (Fsp3) is 0.400. The standard InChI is InChI=1S/C10H11F3OS/c1-7-6-9(14-10(11,12)13)3-2-8(7)4-5-15/h2-3,6,15H,4-5H2,1H3. The van der Waals surface area contributed by atoms with Gasteiger partial charge in [-0.1, -0.05) is 6.07 Å². The zero-order valence-electron chi connectivity index (χ0n) is 8.14. The Balaban J connectivity index is 2.82. The van der Waals surface area contributed by atoms with Gasteiger partial charge >= 0.3 is 6.36 Å². The van der Waals surface area contributed by atoms with E-state index >= 15 is 0 Å². The van der Waals surface area contributed by atoms with E-state index in [4.69, 9.17) is 0 Å². The molecule has 1 rings (SSSR count). The third kappa shape index (κ3) is 4.03. The predicted molar refractivity (Wildman–Crippen MR) is 55.4 cm³/mol. The van der Waals surface area contributed by atoms with Crippen LogP contribution >= 0.6 is 12.6 Å². The Morgan fingerprint density at radius 2 is 2.00 bits per heavy atom. The highest BCUT2D eigenvalue weighted by atomic mass is 32.1. The molecule has 0 atom stereocenters. The lowest BCUT2D eigenvalue weighted by Gasteiger charge is -2.11. The average Bonchev–Trinajstić information content (AvgIpc) is 2.07. The molecule has 0 saturated carbocycles. The van der Waals surface area contributed by atoms with Crippen LogP contribution in [0.15, 0.2) is 18.2 Å². The molecule has 0 unspecified atom stereocenters. The summed E-state index contributed by atoms with van der Waals surface area (Å²) in [5, 5.41) is 0. The molecule has 0 radical (unpaired) electrons. The normalized spacial score (nSPS) is 11.5. The Bertz CT molecular complexity index is 336. The van der Waals surface area contributed by atoms with Gasteiger partial charge in [0.2, 0.25) is 0 Å². The van der Waals surface area contributed by atoms with Crippen LogP contribution in [0, 0.1) is 6.92 Å². The topological polar surface area (TPSA) is 9.23 Å². The maximum Gasteiger partial charge on any atom is 0.573 e. The number of benzene rings is 1. The molecule has 1 nitrogen and oxygen atoms in total. The van der Waals surface area contributed by atoms with Crippen LogP contribution in [0.4, 0.5) is 13.2 Å². The molecule has 84 valence electrons. The van der Waals surface area contributed by atoms with Crippen LogP contribution < -0.4 is 4.74 Å². The van der Waals surface area contributed by atoms with Gasteiger partial charge in [-0.05, 0) is 42.4 Å². The van der Waals surface area contributed by atoms with Crippen molar-refractivity contribution in [3.8, 4) is 5.75 Å². The maximum atomic E-state index is 11.9. The lowest BCUT2D eigenvalue weighted by molar-refractivity contribution is -0.274. The number of aryl methyl sites for hydroxylation is 2. The van der Waals surface area contributed by atoms with E-state index in [-0.39, 0.29) is 5.75 Å². The largest absolute Gasteiger partial charge is 0.573 e. The molecule has 1 aromatic carbocycles. The zero-order chi connectivity index (χ0) is 11.5. The number of thiol groups is 1. The summed E-state index contributed by atoms with van der Waals surface area (Å²) < 4.78 is 39.5. The van der Waals surface area contributed by atoms with Crippen molar-refractivity contribution in [3.05, 3.63) is 29.3 Å². The van der Waals surface area contributed by atoms with Crippen molar-refractivity contribution >= 4 is 12.6 Å². The Hall–Kier alpha value is -0.840. The number of hydrogen-bond donors (Lipinski definition) is 1. The average molecular weight is 236 g/mol. The lowest BCUT2D eigenvalue weighted by Crippen LogP contribution is -2.17. The fourth-order valence-corrected chi connectivity index (χ4v) is 1.51. The van der Waals surface area contributed by atoms with Crippen molar-refractivity contribution in [1.29, 1.82) is 0 Å². The first-order valence-electron chi connectivity index (χ1n) is 4.38. The van der Waals surface area contributed by atoms with Crippen molar-refractivity contribution in [2.45, 2.75) is 19.7 Å². The third-order valence-corrected chi connectivity index (χ3v) is 2.15. The Kier molecular flexibility index (Phi) is 3.90. The van der Waals surface area contributed by atoms with Crippen LogP contribution in [0.5, 0.6) is 5.75 Å². The monoisotopic (exact) mass is 236 g/mol. The summed E-state index contributed by atoms with van der Waals surface area (Å²) >= 11 is 4.06. The van der Waals surface area contributed by atoms with E-state index in [1.807, 2.05) is 0 Å². The second-order valence-corrected chi connectivity index (χ2v) is 3.56. The van der Waals surface area contributed by atoms with Gasteiger partial charge in [0.1, 0.15) is 5.75 Å². The quantitative estimate of drug-likeness (QED) is 0.792. The van der Waals surface area contributed by atoms with E-state index in [0.29, 0.717) is 5.75 Å². The van der Waals surface area contributed by atoms with E-state index in [0.717, 1.165) is 17.5 Å². The molecule has 0 aliphatic rings. The molecule has 0 fully saturated rings. The molecule has 0 saturated heterocycles. The van der Waals surface area contributed by atoms with Crippen LogP contribution in [0.2, 0.25) is 0 Å². The first-order valence-corrected chi connectivity index (χ1v) is 5.02. The zero-order valence-corrected chi connectivity index (χ0v) is 9.03. The van der Waals surface area contributed by atoms with Crippen molar-refractivity contribution in [3.63, 3.8) is 0 Å². The summed E-state index contributed by atoms with van der Waals surface area (Å²) in [4.78, 5) is 0. The number of hydrogen-bond acceptors (Lipinski definition) is 2. The SMILES string of the molecule is Cc1cc(OC(F)(F)F)ccc1CCS. The lowest BCUT2D eigenvalue weighted by atomic mass is 10.1. The second-order valence-electron chi connectivity index (χ2n) is 3.11. The fourth-order valence-electron chi connectivity index (χ4n) is 1.27. The molecular weight excluding hydrogens is 225 g/mol. The molecule has 0 N–H and O–H groups in total. The molecule has 0 heterocycles. The first-order chi connectivity index (χ1) is 6.92. The van der Waals surface area contributed by atoms with Crippen molar-refractivity contribution in [2.75, 3.05) is 5.75 Å². The highest BCUT2D eigenvalue weighted by Crippen LogP contribution is 2.24. The molecule has 0 amide bonds. The minimum atomic E-state index is -4.63. The number of halogens is 3. The van der Waals surface area contributed by atoms with Gasteiger partial charge in [0, 0.05) is 0 Å². The number of rotatable bonds is 3. The Morgan fingerprint density at radius 3 is 2.47 bits per heavy atom. The molecule has 1 aromatic rings. The second kappa shape index (κ2) is 4.79. The van der Waals surface area contributed by atoms with E-state index < -0.39 is 6.36 Å². The van der Waals surface area contributed by atoms with E-state index in [9.17, 15) is 13.2 Å². The summed E-state index contributed by atoms with van der Waals surface area (Å²) in [6.45, 7) is 1.75. The number of ether oxygens (including phenoxy) is 1. The summed E-state index contributed by atoms with van der Waals surface area (Å²) in [6, 6.07) is 4.33. The van der Waals surface area contributed by atoms with Gasteiger partial charge in [-0.3, -0.25) is 0 Å².